The molecule has 0 saturated heterocycles. The van der Waals surface area contributed by atoms with Gasteiger partial charge < -0.3 is 24.4 Å². The lowest BCUT2D eigenvalue weighted by Gasteiger charge is -2.29. The van der Waals surface area contributed by atoms with Crippen molar-refractivity contribution in [3.05, 3.63) is 36.1 Å². The van der Waals surface area contributed by atoms with E-state index in [-0.39, 0.29) is 42.9 Å². The van der Waals surface area contributed by atoms with Crippen molar-refractivity contribution >= 4 is 16.0 Å². The summed E-state index contributed by atoms with van der Waals surface area (Å²) in [5.74, 6) is -0.186. The summed E-state index contributed by atoms with van der Waals surface area (Å²) >= 11 is 0. The third-order valence-corrected chi connectivity index (χ3v) is 7.13. The molecule has 2 N–H and O–H groups in total. The van der Waals surface area contributed by atoms with Gasteiger partial charge in [-0.05, 0) is 55.0 Å². The molecular formula is C20H27NO8S. The zero-order valence-electron chi connectivity index (χ0n) is 16.8. The molecule has 0 radical (unpaired) electrons. The lowest BCUT2D eigenvalue weighted by Crippen LogP contribution is -2.37. The third kappa shape index (κ3) is 5.51. The average Bonchev–Trinajstić information content (AvgIpc) is 3.58. The van der Waals surface area contributed by atoms with Crippen LogP contribution in [0.3, 0.4) is 0 Å². The molecule has 1 aliphatic carbocycles. The number of sulfonamides is 1. The van der Waals surface area contributed by atoms with Gasteiger partial charge in [-0.25, -0.2) is 13.2 Å². The van der Waals surface area contributed by atoms with Gasteiger partial charge in [-0.2, -0.15) is 4.31 Å². The van der Waals surface area contributed by atoms with Gasteiger partial charge in [0.25, 0.3) is 0 Å². The van der Waals surface area contributed by atoms with Crippen LogP contribution in [0.25, 0.3) is 0 Å². The largest absolute Gasteiger partial charge is 0.497 e. The average molecular weight is 442 g/mol. The van der Waals surface area contributed by atoms with E-state index in [1.807, 2.05) is 0 Å². The van der Waals surface area contributed by atoms with E-state index in [1.54, 1.807) is 18.2 Å². The Morgan fingerprint density at radius 2 is 1.93 bits per heavy atom. The molecule has 1 saturated carbocycles. The Hall–Kier alpha value is -2.14. The van der Waals surface area contributed by atoms with Crippen LogP contribution in [0.5, 0.6) is 5.75 Å². The second-order valence-corrected chi connectivity index (χ2v) is 9.23. The lowest BCUT2D eigenvalue weighted by molar-refractivity contribution is -0.159. The van der Waals surface area contributed by atoms with Gasteiger partial charge >= 0.3 is 5.97 Å². The zero-order valence-corrected chi connectivity index (χ0v) is 17.6. The number of hydrogen-bond donors (Lipinski definition) is 2. The minimum atomic E-state index is -3.84. The highest BCUT2D eigenvalue weighted by Gasteiger charge is 2.37. The van der Waals surface area contributed by atoms with Crippen molar-refractivity contribution in [3.63, 3.8) is 0 Å². The molecule has 1 heterocycles. The molecule has 10 heteroatoms. The maximum absolute atomic E-state index is 12.9. The van der Waals surface area contributed by atoms with Gasteiger partial charge in [-0.3, -0.25) is 0 Å². The Kier molecular flexibility index (Phi) is 7.35. The molecule has 30 heavy (non-hydrogen) atoms. The molecule has 2 aliphatic rings. The summed E-state index contributed by atoms with van der Waals surface area (Å²) in [6, 6.07) is 5.98. The van der Waals surface area contributed by atoms with Crippen molar-refractivity contribution < 1.29 is 37.6 Å². The van der Waals surface area contributed by atoms with Gasteiger partial charge in [-0.15, -0.1) is 0 Å². The summed E-state index contributed by atoms with van der Waals surface area (Å²) in [7, 11) is -2.35. The van der Waals surface area contributed by atoms with Crippen LogP contribution in [-0.2, 0) is 24.3 Å². The molecule has 1 aromatic carbocycles. The molecule has 0 amide bonds. The second-order valence-electron chi connectivity index (χ2n) is 7.29. The van der Waals surface area contributed by atoms with Crippen LogP contribution in [0.1, 0.15) is 19.3 Å². The molecule has 0 aromatic heterocycles. The van der Waals surface area contributed by atoms with Crippen LogP contribution in [-0.4, -0.2) is 68.6 Å². The van der Waals surface area contributed by atoms with Gasteiger partial charge in [0.1, 0.15) is 5.75 Å². The van der Waals surface area contributed by atoms with Gasteiger partial charge in [-0.1, -0.05) is 0 Å². The quantitative estimate of drug-likeness (QED) is 0.529. The number of ether oxygens (including phenoxy) is 3. The molecule has 9 nitrogen and oxygen atoms in total. The maximum Gasteiger partial charge on any atom is 0.370 e. The number of carbonyl (C=O) groups is 1. The number of nitrogens with zero attached hydrogens (tertiary/aromatic N) is 1. The fraction of sp³-hybridized carbons (Fsp3) is 0.550. The highest BCUT2D eigenvalue weighted by molar-refractivity contribution is 7.89. The first-order valence-corrected chi connectivity index (χ1v) is 11.3. The van der Waals surface area contributed by atoms with E-state index in [4.69, 9.17) is 14.2 Å². The molecular weight excluding hydrogens is 414 g/mol. The summed E-state index contributed by atoms with van der Waals surface area (Å²) in [6.07, 6.45) is 3.56. The summed E-state index contributed by atoms with van der Waals surface area (Å²) < 4.78 is 43.1. The fourth-order valence-electron chi connectivity index (χ4n) is 3.44. The van der Waals surface area contributed by atoms with Gasteiger partial charge in [0, 0.05) is 19.5 Å². The maximum atomic E-state index is 12.9. The number of aliphatic hydroxyl groups excluding tert-OH is 1. The third-order valence-electron chi connectivity index (χ3n) is 5.22. The van der Waals surface area contributed by atoms with Crippen LogP contribution in [0, 0.1) is 11.8 Å². The summed E-state index contributed by atoms with van der Waals surface area (Å²) in [5.41, 5.74) is 0. The van der Waals surface area contributed by atoms with E-state index in [0.717, 1.165) is 17.1 Å². The normalized spacial score (nSPS) is 21.8. The predicted molar refractivity (Wildman–Crippen MR) is 106 cm³/mol. The van der Waals surface area contributed by atoms with Crippen LogP contribution < -0.4 is 4.74 Å². The smallest absolute Gasteiger partial charge is 0.370 e. The van der Waals surface area contributed by atoms with Crippen molar-refractivity contribution in [2.45, 2.75) is 30.4 Å². The Bertz CT molecular complexity index is 863. The van der Waals surface area contributed by atoms with Crippen LogP contribution in [0.4, 0.5) is 0 Å². The molecule has 1 aliphatic heterocycles. The standard InChI is InChI=1S/C20H27NO8S/c1-27-16-4-6-17(7-5-16)30(25,26)21(8-10-22)9-11-28-19-13-15(14-2-3-14)12-18(29-19)20(23)24/h4-7,12,14-15,19,22H,2-3,8-11,13H2,1H3,(H,23,24)/t15-,19+/m0/s1. The highest BCUT2D eigenvalue weighted by atomic mass is 32.2. The van der Waals surface area contributed by atoms with E-state index in [2.05, 4.69) is 0 Å². The van der Waals surface area contributed by atoms with Crippen molar-refractivity contribution in [1.29, 1.82) is 0 Å². The number of allylic oxidation sites excluding steroid dienone is 1. The molecule has 0 spiro atoms. The summed E-state index contributed by atoms with van der Waals surface area (Å²) in [5, 5.41) is 18.6. The number of carboxylic acids is 1. The Balaban J connectivity index is 1.61. The number of methoxy groups -OCH3 is 1. The predicted octanol–water partition coefficient (Wildman–Crippen LogP) is 1.44. The fourth-order valence-corrected chi connectivity index (χ4v) is 4.85. The topological polar surface area (TPSA) is 123 Å². The van der Waals surface area contributed by atoms with Crippen molar-refractivity contribution in [3.8, 4) is 5.75 Å². The molecule has 3 rings (SSSR count). The summed E-state index contributed by atoms with van der Waals surface area (Å²) in [4.78, 5) is 11.4. The SMILES string of the molecule is COc1ccc(S(=O)(=O)N(CCO)CCO[C@H]2C[C@@H](C3CC3)C=C(C(=O)O)O2)cc1. The Labute approximate surface area is 175 Å². The minimum absolute atomic E-state index is 0.00430. The second kappa shape index (κ2) is 9.78. The Morgan fingerprint density at radius 3 is 2.50 bits per heavy atom. The van der Waals surface area contributed by atoms with Gasteiger partial charge in [0.15, 0.2) is 0 Å². The molecule has 166 valence electrons. The van der Waals surface area contributed by atoms with E-state index in [9.17, 15) is 23.4 Å². The number of rotatable bonds is 11. The van der Waals surface area contributed by atoms with Gasteiger partial charge in [0.2, 0.25) is 22.1 Å². The van der Waals surface area contributed by atoms with E-state index in [1.165, 1.54) is 19.2 Å². The number of aliphatic carboxylic acids is 1. The Morgan fingerprint density at radius 1 is 1.23 bits per heavy atom. The molecule has 1 fully saturated rings. The number of hydrogen-bond acceptors (Lipinski definition) is 7. The van der Waals surface area contributed by atoms with E-state index >= 15 is 0 Å². The zero-order chi connectivity index (χ0) is 21.7. The van der Waals surface area contributed by atoms with Crippen molar-refractivity contribution in [2.75, 3.05) is 33.4 Å². The lowest BCUT2D eigenvalue weighted by atomic mass is 9.96. The number of benzene rings is 1. The monoisotopic (exact) mass is 441 g/mol. The first-order valence-electron chi connectivity index (χ1n) is 9.83. The van der Waals surface area contributed by atoms with Gasteiger partial charge in [0.05, 0.1) is 25.2 Å². The number of aliphatic hydroxyl groups is 1. The van der Waals surface area contributed by atoms with E-state index < -0.39 is 22.3 Å². The molecule has 1 aromatic rings. The van der Waals surface area contributed by atoms with Crippen molar-refractivity contribution in [2.24, 2.45) is 11.8 Å². The first kappa shape index (κ1) is 22.5. The van der Waals surface area contributed by atoms with Crippen LogP contribution >= 0.6 is 0 Å². The van der Waals surface area contributed by atoms with E-state index in [0.29, 0.717) is 18.1 Å². The summed E-state index contributed by atoms with van der Waals surface area (Å²) in [6.45, 7) is -0.432. The van der Waals surface area contributed by atoms with Crippen molar-refractivity contribution in [1.82, 2.24) is 4.31 Å². The first-order chi connectivity index (χ1) is 14.3. The molecule has 0 bridgehead atoms. The molecule has 2 atom stereocenters. The highest BCUT2D eigenvalue weighted by Crippen LogP contribution is 2.42. The molecule has 0 unspecified atom stereocenters. The van der Waals surface area contributed by atoms with Crippen LogP contribution in [0.2, 0.25) is 0 Å². The minimum Gasteiger partial charge on any atom is -0.497 e. The van der Waals surface area contributed by atoms with Crippen LogP contribution in [0.15, 0.2) is 41.0 Å². The number of carboxylic acid groups (broad SMARTS) is 1.